The maximum absolute atomic E-state index is 11.8. The predicted molar refractivity (Wildman–Crippen MR) is 57.1 cm³/mol. The summed E-state index contributed by atoms with van der Waals surface area (Å²) in [7, 11) is 0. The fourth-order valence-corrected chi connectivity index (χ4v) is 1.53. The van der Waals surface area contributed by atoms with E-state index in [0.29, 0.717) is 6.42 Å². The van der Waals surface area contributed by atoms with Crippen molar-refractivity contribution in [1.82, 2.24) is 0 Å². The van der Waals surface area contributed by atoms with E-state index in [1.165, 1.54) is 0 Å². The fourth-order valence-electron chi connectivity index (χ4n) is 1.53. The van der Waals surface area contributed by atoms with Gasteiger partial charge in [-0.15, -0.1) is 0 Å². The molecule has 4 heteroatoms. The molecule has 0 heterocycles. The monoisotopic (exact) mass is 213 g/mol. The molecule has 0 saturated carbocycles. The number of hydrogen-bond acceptors (Lipinski definition) is 4. The number of esters is 1. The maximum atomic E-state index is 11.8. The number of nitrogens with two attached hydrogens (primary N) is 1. The smallest absolute Gasteiger partial charge is 0.330 e. The summed E-state index contributed by atoms with van der Waals surface area (Å²) in [6.07, 6.45) is 3.81. The first-order chi connectivity index (χ1) is 6.77. The molecule has 0 bridgehead atoms. The molecule has 0 spiro atoms. The highest BCUT2D eigenvalue weighted by atomic mass is 16.6. The summed E-state index contributed by atoms with van der Waals surface area (Å²) in [4.78, 5) is 11.8. The van der Waals surface area contributed by atoms with Crippen LogP contribution in [-0.2, 0) is 9.53 Å². The van der Waals surface area contributed by atoms with Gasteiger partial charge in [0, 0.05) is 12.5 Å². The van der Waals surface area contributed by atoms with E-state index in [1.54, 1.807) is 32.9 Å². The number of carbonyl (C=O) groups is 1. The van der Waals surface area contributed by atoms with E-state index in [2.05, 4.69) is 0 Å². The molecule has 0 amide bonds. The van der Waals surface area contributed by atoms with Crippen molar-refractivity contribution in [2.24, 2.45) is 11.7 Å². The lowest BCUT2D eigenvalue weighted by Crippen LogP contribution is -2.48. The first-order valence-electron chi connectivity index (χ1n) is 5.09. The Morgan fingerprint density at radius 3 is 2.67 bits per heavy atom. The van der Waals surface area contributed by atoms with Gasteiger partial charge in [-0.3, -0.25) is 0 Å². The van der Waals surface area contributed by atoms with Gasteiger partial charge in [0.2, 0.25) is 0 Å². The van der Waals surface area contributed by atoms with Gasteiger partial charge in [0.1, 0.15) is 11.1 Å². The number of aliphatic hydroxyl groups excluding tert-OH is 1. The Labute approximate surface area is 90.1 Å². The molecule has 1 rings (SSSR count). The first-order valence-corrected chi connectivity index (χ1v) is 5.09. The largest absolute Gasteiger partial charge is 0.458 e. The van der Waals surface area contributed by atoms with Gasteiger partial charge >= 0.3 is 5.97 Å². The van der Waals surface area contributed by atoms with Crippen LogP contribution >= 0.6 is 0 Å². The lowest BCUT2D eigenvalue weighted by Gasteiger charge is -2.27. The molecule has 1 aliphatic rings. The average Bonchev–Trinajstić information content (AvgIpc) is 2.46. The van der Waals surface area contributed by atoms with Crippen molar-refractivity contribution < 1.29 is 14.6 Å². The second kappa shape index (κ2) is 3.94. The average molecular weight is 213 g/mol. The van der Waals surface area contributed by atoms with Crippen molar-refractivity contribution in [1.29, 1.82) is 0 Å². The van der Waals surface area contributed by atoms with Gasteiger partial charge < -0.3 is 15.6 Å². The van der Waals surface area contributed by atoms with Crippen LogP contribution in [0.2, 0.25) is 0 Å². The van der Waals surface area contributed by atoms with Crippen LogP contribution in [0, 0.1) is 5.92 Å². The molecule has 3 N–H and O–H groups in total. The maximum Gasteiger partial charge on any atom is 0.330 e. The highest BCUT2D eigenvalue weighted by Crippen LogP contribution is 2.27. The van der Waals surface area contributed by atoms with E-state index < -0.39 is 17.1 Å². The molecular weight excluding hydrogens is 194 g/mol. The van der Waals surface area contributed by atoms with Crippen LogP contribution < -0.4 is 5.73 Å². The van der Waals surface area contributed by atoms with Crippen LogP contribution in [0.4, 0.5) is 0 Å². The molecule has 0 aromatic carbocycles. The third-order valence-electron chi connectivity index (χ3n) is 2.28. The van der Waals surface area contributed by atoms with Crippen molar-refractivity contribution in [2.75, 3.05) is 6.61 Å². The summed E-state index contributed by atoms with van der Waals surface area (Å²) in [6.45, 7) is 5.42. The van der Waals surface area contributed by atoms with Crippen molar-refractivity contribution >= 4 is 5.97 Å². The molecule has 2 atom stereocenters. The third-order valence-corrected chi connectivity index (χ3v) is 2.28. The molecule has 1 aliphatic carbocycles. The van der Waals surface area contributed by atoms with Crippen LogP contribution in [0.5, 0.6) is 0 Å². The molecule has 4 nitrogen and oxygen atoms in total. The second-order valence-corrected chi connectivity index (χ2v) is 5.05. The zero-order chi connectivity index (χ0) is 11.7. The van der Waals surface area contributed by atoms with Gasteiger partial charge in [0.15, 0.2) is 0 Å². The Hall–Kier alpha value is -0.870. The van der Waals surface area contributed by atoms with Crippen LogP contribution in [0.1, 0.15) is 27.2 Å². The number of aliphatic hydroxyl groups is 1. The van der Waals surface area contributed by atoms with Gasteiger partial charge in [0.25, 0.3) is 0 Å². The molecule has 15 heavy (non-hydrogen) atoms. The summed E-state index contributed by atoms with van der Waals surface area (Å²) in [5, 5.41) is 8.95. The van der Waals surface area contributed by atoms with Crippen LogP contribution in [0.3, 0.4) is 0 Å². The summed E-state index contributed by atoms with van der Waals surface area (Å²) in [5.74, 6) is -0.468. The molecule has 0 aliphatic heterocycles. The van der Waals surface area contributed by atoms with Gasteiger partial charge in [-0.05, 0) is 27.2 Å². The summed E-state index contributed by atoms with van der Waals surface area (Å²) < 4.78 is 5.22. The van der Waals surface area contributed by atoms with E-state index in [0.717, 1.165) is 0 Å². The first kappa shape index (κ1) is 12.2. The van der Waals surface area contributed by atoms with E-state index in [1.807, 2.05) is 0 Å². The molecule has 0 unspecified atom stereocenters. The SMILES string of the molecule is CC(C)(C)OC(=O)[C@]1(N)C=C[C@@H](CO)C1. The highest BCUT2D eigenvalue weighted by Gasteiger charge is 2.40. The molecule has 0 saturated heterocycles. The predicted octanol–water partition coefficient (Wildman–Crippen LogP) is 0.594. The molecule has 86 valence electrons. The Kier molecular flexibility index (Phi) is 3.21. The lowest BCUT2D eigenvalue weighted by molar-refractivity contribution is -0.159. The Morgan fingerprint density at radius 2 is 2.27 bits per heavy atom. The Balaban J connectivity index is 2.65. The standard InChI is InChI=1S/C11H19NO3/c1-10(2,3)15-9(14)11(12)5-4-8(6-11)7-13/h4-5,8,13H,6-7,12H2,1-3H3/t8-,11+/m1/s1. The molecule has 0 radical (unpaired) electrons. The summed E-state index contributed by atoms with van der Waals surface area (Å²) >= 11 is 0. The van der Waals surface area contributed by atoms with Crippen molar-refractivity contribution in [2.45, 2.75) is 38.3 Å². The Bertz CT molecular complexity index is 280. The van der Waals surface area contributed by atoms with Gasteiger partial charge in [0.05, 0.1) is 0 Å². The van der Waals surface area contributed by atoms with Crippen LogP contribution in [-0.4, -0.2) is 28.8 Å². The van der Waals surface area contributed by atoms with Gasteiger partial charge in [-0.2, -0.15) is 0 Å². The Morgan fingerprint density at radius 1 is 1.67 bits per heavy atom. The minimum absolute atomic E-state index is 0.0122. The van der Waals surface area contributed by atoms with E-state index in [-0.39, 0.29) is 12.5 Å². The quantitative estimate of drug-likeness (QED) is 0.520. The van der Waals surface area contributed by atoms with E-state index >= 15 is 0 Å². The third kappa shape index (κ3) is 3.04. The molecule has 0 aromatic rings. The minimum Gasteiger partial charge on any atom is -0.458 e. The van der Waals surface area contributed by atoms with Gasteiger partial charge in [-0.25, -0.2) is 4.79 Å². The minimum atomic E-state index is -1.07. The van der Waals surface area contributed by atoms with E-state index in [9.17, 15) is 4.79 Å². The zero-order valence-corrected chi connectivity index (χ0v) is 9.49. The van der Waals surface area contributed by atoms with Crippen LogP contribution in [0.25, 0.3) is 0 Å². The molecular formula is C11H19NO3. The summed E-state index contributed by atoms with van der Waals surface area (Å²) in [5.41, 5.74) is 4.30. The summed E-state index contributed by atoms with van der Waals surface area (Å²) in [6, 6.07) is 0. The van der Waals surface area contributed by atoms with Crippen molar-refractivity contribution in [3.05, 3.63) is 12.2 Å². The molecule has 0 aromatic heterocycles. The highest BCUT2D eigenvalue weighted by molar-refractivity contribution is 5.84. The topological polar surface area (TPSA) is 72.5 Å². The number of rotatable bonds is 2. The van der Waals surface area contributed by atoms with Crippen molar-refractivity contribution in [3.8, 4) is 0 Å². The van der Waals surface area contributed by atoms with Gasteiger partial charge in [-0.1, -0.05) is 12.2 Å². The number of ether oxygens (including phenoxy) is 1. The van der Waals surface area contributed by atoms with E-state index in [4.69, 9.17) is 15.6 Å². The fraction of sp³-hybridized carbons (Fsp3) is 0.727. The second-order valence-electron chi connectivity index (χ2n) is 5.05. The molecule has 0 fully saturated rings. The van der Waals surface area contributed by atoms with Crippen molar-refractivity contribution in [3.63, 3.8) is 0 Å². The zero-order valence-electron chi connectivity index (χ0n) is 9.49. The number of carbonyl (C=O) groups excluding carboxylic acids is 1. The lowest BCUT2D eigenvalue weighted by atomic mass is 9.96. The number of hydrogen-bond donors (Lipinski definition) is 2. The normalized spacial score (nSPS) is 30.6. The van der Waals surface area contributed by atoms with Crippen LogP contribution in [0.15, 0.2) is 12.2 Å².